The van der Waals surface area contributed by atoms with Gasteiger partial charge in [-0.3, -0.25) is 4.79 Å². The number of nitrogen functional groups attached to an aromatic ring is 1. The van der Waals surface area contributed by atoms with Gasteiger partial charge in [-0.1, -0.05) is 15.9 Å². The van der Waals surface area contributed by atoms with Crippen LogP contribution < -0.4 is 5.73 Å². The predicted octanol–water partition coefficient (Wildman–Crippen LogP) is 4.63. The highest BCUT2D eigenvalue weighted by molar-refractivity contribution is 14.1. The van der Waals surface area contributed by atoms with Crippen molar-refractivity contribution in [2.24, 2.45) is 0 Å². The zero-order valence-electron chi connectivity index (χ0n) is 9.08. The molecule has 18 heavy (non-hydrogen) atoms. The van der Waals surface area contributed by atoms with Crippen molar-refractivity contribution in [2.45, 2.75) is 0 Å². The highest BCUT2D eigenvalue weighted by atomic mass is 127. The van der Waals surface area contributed by atoms with E-state index in [0.717, 1.165) is 8.04 Å². The van der Waals surface area contributed by atoms with E-state index in [4.69, 9.17) is 5.73 Å². The molecule has 0 aliphatic carbocycles. The summed E-state index contributed by atoms with van der Waals surface area (Å²) in [7, 11) is 0. The first-order valence-corrected chi connectivity index (χ1v) is 7.70. The molecule has 0 aliphatic heterocycles. The third kappa shape index (κ3) is 2.95. The topological polar surface area (TPSA) is 43.1 Å². The van der Waals surface area contributed by atoms with Gasteiger partial charge in [0.15, 0.2) is 5.78 Å². The molecule has 0 heterocycles. The van der Waals surface area contributed by atoms with Crippen LogP contribution in [0, 0.1) is 3.57 Å². The van der Waals surface area contributed by atoms with Gasteiger partial charge < -0.3 is 5.73 Å². The van der Waals surface area contributed by atoms with E-state index >= 15 is 0 Å². The van der Waals surface area contributed by atoms with Crippen LogP contribution in [-0.2, 0) is 0 Å². The van der Waals surface area contributed by atoms with Gasteiger partial charge in [-0.2, -0.15) is 0 Å². The fourth-order valence-corrected chi connectivity index (χ4v) is 3.05. The Labute approximate surface area is 135 Å². The molecule has 0 aliphatic rings. The van der Waals surface area contributed by atoms with Gasteiger partial charge in [0.2, 0.25) is 0 Å². The summed E-state index contributed by atoms with van der Waals surface area (Å²) in [5, 5.41) is 0. The highest BCUT2D eigenvalue weighted by Gasteiger charge is 2.15. The molecule has 2 rings (SSSR count). The smallest absolute Gasteiger partial charge is 0.195 e. The van der Waals surface area contributed by atoms with Crippen molar-refractivity contribution >= 4 is 65.9 Å². The van der Waals surface area contributed by atoms with Crippen molar-refractivity contribution in [3.63, 3.8) is 0 Å². The van der Waals surface area contributed by atoms with Gasteiger partial charge in [-0.15, -0.1) is 0 Å². The molecule has 0 amide bonds. The fourth-order valence-electron chi connectivity index (χ4n) is 1.53. The minimum atomic E-state index is -0.0208. The Morgan fingerprint density at radius 1 is 1.06 bits per heavy atom. The van der Waals surface area contributed by atoms with Gasteiger partial charge in [-0.25, -0.2) is 0 Å². The molecule has 0 aromatic heterocycles. The Morgan fingerprint density at radius 3 is 2.44 bits per heavy atom. The van der Waals surface area contributed by atoms with Crippen molar-refractivity contribution in [3.05, 3.63) is 60.0 Å². The number of carbonyl (C=O) groups excluding carboxylic acids is 1. The van der Waals surface area contributed by atoms with Crippen molar-refractivity contribution in [1.82, 2.24) is 0 Å². The third-order valence-corrected chi connectivity index (χ3v) is 4.50. The fraction of sp³-hybridized carbons (Fsp3) is 0. The van der Waals surface area contributed by atoms with Crippen LogP contribution in [0.2, 0.25) is 0 Å². The second-order valence-electron chi connectivity index (χ2n) is 3.69. The van der Waals surface area contributed by atoms with Gasteiger partial charge in [0.05, 0.1) is 0 Å². The number of rotatable bonds is 2. The maximum absolute atomic E-state index is 12.5. The summed E-state index contributed by atoms with van der Waals surface area (Å²) in [6.45, 7) is 0. The van der Waals surface area contributed by atoms with Gasteiger partial charge in [-0.05, 0) is 74.9 Å². The number of ketones is 1. The average molecular weight is 481 g/mol. The van der Waals surface area contributed by atoms with Gasteiger partial charge >= 0.3 is 0 Å². The monoisotopic (exact) mass is 479 g/mol. The summed E-state index contributed by atoms with van der Waals surface area (Å²) in [6, 6.07) is 10.8. The molecule has 0 atom stereocenters. The van der Waals surface area contributed by atoms with E-state index < -0.39 is 0 Å². The Morgan fingerprint density at radius 2 is 1.78 bits per heavy atom. The molecule has 0 saturated carbocycles. The Balaban J connectivity index is 2.51. The Kier molecular flexibility index (Phi) is 4.45. The molecular weight excluding hydrogens is 473 g/mol. The molecule has 0 fully saturated rings. The standard InChI is InChI=1S/C13H8Br2INO/c14-7-1-4-12(16)10(5-7)13(18)9-3-2-8(17)6-11(9)15/h1-6H,17H2. The normalized spacial score (nSPS) is 10.4. The maximum atomic E-state index is 12.5. The Bertz CT molecular complexity index is 628. The summed E-state index contributed by atoms with van der Waals surface area (Å²) >= 11 is 8.91. The molecule has 2 N–H and O–H groups in total. The molecule has 0 unspecified atom stereocenters. The summed E-state index contributed by atoms with van der Waals surface area (Å²) in [5.74, 6) is -0.0208. The van der Waals surface area contributed by atoms with Crippen LogP contribution in [0.5, 0.6) is 0 Å². The maximum Gasteiger partial charge on any atom is 0.195 e. The second-order valence-corrected chi connectivity index (χ2v) is 6.62. The van der Waals surface area contributed by atoms with E-state index in [9.17, 15) is 4.79 Å². The second kappa shape index (κ2) is 5.71. The lowest BCUT2D eigenvalue weighted by Gasteiger charge is -2.07. The number of carbonyl (C=O) groups is 1. The van der Waals surface area contributed by atoms with Crippen molar-refractivity contribution in [1.29, 1.82) is 0 Å². The first kappa shape index (κ1) is 14.0. The number of halogens is 3. The minimum absolute atomic E-state index is 0.0208. The zero-order chi connectivity index (χ0) is 13.3. The quantitative estimate of drug-likeness (QED) is 0.387. The lowest BCUT2D eigenvalue weighted by atomic mass is 10.0. The van der Waals surface area contributed by atoms with Crippen molar-refractivity contribution < 1.29 is 4.79 Å². The minimum Gasteiger partial charge on any atom is -0.399 e. The van der Waals surface area contributed by atoms with Crippen LogP contribution in [-0.4, -0.2) is 5.78 Å². The van der Waals surface area contributed by atoms with Crippen LogP contribution in [0.15, 0.2) is 45.3 Å². The lowest BCUT2D eigenvalue weighted by molar-refractivity contribution is 0.103. The number of hydrogen-bond acceptors (Lipinski definition) is 2. The summed E-state index contributed by atoms with van der Waals surface area (Å²) in [6.07, 6.45) is 0. The van der Waals surface area contributed by atoms with Gasteiger partial charge in [0, 0.05) is 29.3 Å². The van der Waals surface area contributed by atoms with E-state index in [1.54, 1.807) is 18.2 Å². The van der Waals surface area contributed by atoms with Crippen LogP contribution in [0.1, 0.15) is 15.9 Å². The molecular formula is C13H8Br2INO. The molecule has 2 aromatic rings. The number of benzene rings is 2. The first-order chi connectivity index (χ1) is 8.49. The summed E-state index contributed by atoms with van der Waals surface area (Å²) < 4.78 is 2.52. The Hall–Kier alpha value is -0.400. The molecule has 0 saturated heterocycles. The van der Waals surface area contributed by atoms with Crippen molar-refractivity contribution in [2.75, 3.05) is 5.73 Å². The van der Waals surface area contributed by atoms with Crippen molar-refractivity contribution in [3.8, 4) is 0 Å². The summed E-state index contributed by atoms with van der Waals surface area (Å²) in [4.78, 5) is 12.5. The first-order valence-electron chi connectivity index (χ1n) is 5.04. The average Bonchev–Trinajstić information content (AvgIpc) is 2.31. The van der Waals surface area contributed by atoms with E-state index in [-0.39, 0.29) is 5.78 Å². The molecule has 2 aromatic carbocycles. The molecule has 92 valence electrons. The lowest BCUT2D eigenvalue weighted by Crippen LogP contribution is -2.05. The number of hydrogen-bond donors (Lipinski definition) is 1. The van der Waals surface area contributed by atoms with Crippen LogP contribution in [0.3, 0.4) is 0 Å². The summed E-state index contributed by atoms with van der Waals surface area (Å²) in [5.41, 5.74) is 7.58. The third-order valence-electron chi connectivity index (χ3n) is 2.41. The van der Waals surface area contributed by atoms with Crippen LogP contribution in [0.4, 0.5) is 5.69 Å². The molecule has 0 radical (unpaired) electrons. The molecule has 0 spiro atoms. The number of anilines is 1. The largest absolute Gasteiger partial charge is 0.399 e. The van der Waals surface area contributed by atoms with Gasteiger partial charge in [0.1, 0.15) is 0 Å². The molecule has 2 nitrogen and oxygen atoms in total. The van der Waals surface area contributed by atoms with E-state index in [0.29, 0.717) is 21.3 Å². The molecule has 0 bridgehead atoms. The highest BCUT2D eigenvalue weighted by Crippen LogP contribution is 2.26. The van der Waals surface area contributed by atoms with E-state index in [1.165, 1.54) is 0 Å². The number of nitrogens with two attached hydrogens (primary N) is 1. The SMILES string of the molecule is Nc1ccc(C(=O)c2cc(Br)ccc2I)c(Br)c1. The van der Waals surface area contributed by atoms with Crippen LogP contribution in [0.25, 0.3) is 0 Å². The zero-order valence-corrected chi connectivity index (χ0v) is 14.4. The van der Waals surface area contributed by atoms with Crippen LogP contribution >= 0.6 is 54.5 Å². The predicted molar refractivity (Wildman–Crippen MR) is 88.8 cm³/mol. The van der Waals surface area contributed by atoms with Gasteiger partial charge in [0.25, 0.3) is 0 Å². The van der Waals surface area contributed by atoms with E-state index in [1.807, 2.05) is 18.2 Å². The molecule has 5 heteroatoms. The van der Waals surface area contributed by atoms with E-state index in [2.05, 4.69) is 54.5 Å².